The van der Waals surface area contributed by atoms with Gasteiger partial charge in [-0.3, -0.25) is 19.7 Å². The Kier molecular flexibility index (Phi) is 8.22. The van der Waals surface area contributed by atoms with E-state index in [0.717, 1.165) is 5.56 Å². The summed E-state index contributed by atoms with van der Waals surface area (Å²) in [6, 6.07) is 14.1. The van der Waals surface area contributed by atoms with Gasteiger partial charge in [0, 0.05) is 12.1 Å². The minimum Gasteiger partial charge on any atom is -0.303 e. The SMILES string of the molecule is O=C1NC(=O)C(=C2C(=O)N(Cc3ccc(Cl)c(Cl)c3)c3ccc(S(=O)(=O)NCCc4ccc(Cl)c(Cl)c4)cc32)S1. The quantitative estimate of drug-likeness (QED) is 0.299. The molecule has 2 heterocycles. The van der Waals surface area contributed by atoms with Crippen molar-refractivity contribution in [1.29, 1.82) is 0 Å². The lowest BCUT2D eigenvalue weighted by Gasteiger charge is -2.18. The molecule has 3 aromatic rings. The van der Waals surface area contributed by atoms with E-state index in [1.54, 1.807) is 36.4 Å². The third kappa shape index (κ3) is 5.75. The molecule has 2 aliphatic rings. The number of thioether (sulfide) groups is 1. The number of imide groups is 1. The zero-order valence-corrected chi connectivity index (χ0v) is 24.8. The molecule has 2 N–H and O–H groups in total. The monoisotopic (exact) mass is 655 g/mol. The van der Waals surface area contributed by atoms with E-state index < -0.39 is 27.1 Å². The maximum Gasteiger partial charge on any atom is 0.290 e. The molecule has 0 radical (unpaired) electrons. The Hall–Kier alpha value is -2.57. The van der Waals surface area contributed by atoms with Crippen LogP contribution in [0.25, 0.3) is 5.57 Å². The molecule has 0 saturated carbocycles. The van der Waals surface area contributed by atoms with Crippen LogP contribution in [0.5, 0.6) is 0 Å². The van der Waals surface area contributed by atoms with Crippen LogP contribution in [0.15, 0.2) is 64.4 Å². The lowest BCUT2D eigenvalue weighted by Crippen LogP contribution is -2.27. The van der Waals surface area contributed by atoms with Crippen LogP contribution in [0.1, 0.15) is 16.7 Å². The van der Waals surface area contributed by atoms with Crippen molar-refractivity contribution in [2.24, 2.45) is 0 Å². The van der Waals surface area contributed by atoms with Crippen LogP contribution in [-0.4, -0.2) is 32.0 Å². The van der Waals surface area contributed by atoms with Gasteiger partial charge in [-0.15, -0.1) is 0 Å². The Balaban J connectivity index is 1.48. The summed E-state index contributed by atoms with van der Waals surface area (Å²) in [5.41, 5.74) is 1.97. The molecular formula is C26H17Cl4N3O5S2. The summed E-state index contributed by atoms with van der Waals surface area (Å²) in [7, 11) is -4.01. The number of halogens is 4. The van der Waals surface area contributed by atoms with Crippen LogP contribution >= 0.6 is 58.2 Å². The summed E-state index contributed by atoms with van der Waals surface area (Å²) < 4.78 is 28.9. The van der Waals surface area contributed by atoms with Gasteiger partial charge in [0.05, 0.1) is 47.7 Å². The van der Waals surface area contributed by atoms with Crippen molar-refractivity contribution in [2.45, 2.75) is 17.9 Å². The van der Waals surface area contributed by atoms with Gasteiger partial charge in [-0.2, -0.15) is 0 Å². The maximum atomic E-state index is 13.6. The fourth-order valence-electron chi connectivity index (χ4n) is 4.26. The van der Waals surface area contributed by atoms with E-state index in [1.165, 1.54) is 23.1 Å². The normalized spacial score (nSPS) is 17.0. The Morgan fingerprint density at radius 3 is 2.10 bits per heavy atom. The average molecular weight is 657 g/mol. The van der Waals surface area contributed by atoms with Crippen molar-refractivity contribution in [3.05, 3.63) is 96.3 Å². The van der Waals surface area contributed by atoms with E-state index in [1.807, 2.05) is 0 Å². The predicted octanol–water partition coefficient (Wildman–Crippen LogP) is 6.06. The lowest BCUT2D eigenvalue weighted by molar-refractivity contribution is -0.116. The minimum atomic E-state index is -4.01. The van der Waals surface area contributed by atoms with Crippen LogP contribution in [0.3, 0.4) is 0 Å². The lowest BCUT2D eigenvalue weighted by atomic mass is 10.1. The second kappa shape index (κ2) is 11.4. The van der Waals surface area contributed by atoms with Gasteiger partial charge in [-0.25, -0.2) is 13.1 Å². The van der Waals surface area contributed by atoms with Crippen molar-refractivity contribution < 1.29 is 22.8 Å². The summed E-state index contributed by atoms with van der Waals surface area (Å²) >= 11 is 24.7. The zero-order valence-electron chi connectivity index (χ0n) is 20.1. The van der Waals surface area contributed by atoms with E-state index in [0.29, 0.717) is 49.5 Å². The number of hydrogen-bond donors (Lipinski definition) is 2. The molecule has 1 fully saturated rings. The molecular weight excluding hydrogens is 640 g/mol. The Morgan fingerprint density at radius 2 is 1.48 bits per heavy atom. The molecule has 206 valence electrons. The van der Waals surface area contributed by atoms with E-state index in [4.69, 9.17) is 46.4 Å². The first-order valence-electron chi connectivity index (χ1n) is 11.6. The average Bonchev–Trinajstić information content (AvgIpc) is 3.37. The highest BCUT2D eigenvalue weighted by atomic mass is 35.5. The van der Waals surface area contributed by atoms with Crippen LogP contribution in [-0.2, 0) is 32.6 Å². The highest BCUT2D eigenvalue weighted by Gasteiger charge is 2.40. The number of benzene rings is 3. The second-order valence-corrected chi connectivity index (χ2v) is 13.1. The van der Waals surface area contributed by atoms with Gasteiger partial charge in [-0.1, -0.05) is 58.5 Å². The first-order valence-corrected chi connectivity index (χ1v) is 15.4. The van der Waals surface area contributed by atoms with Crippen molar-refractivity contribution in [3.63, 3.8) is 0 Å². The Labute approximate surface area is 253 Å². The molecule has 0 atom stereocenters. The van der Waals surface area contributed by atoms with Gasteiger partial charge in [0.1, 0.15) is 0 Å². The zero-order chi connectivity index (χ0) is 28.8. The van der Waals surface area contributed by atoms with Crippen molar-refractivity contribution in [1.82, 2.24) is 10.0 Å². The number of nitrogens with one attached hydrogen (secondary N) is 2. The van der Waals surface area contributed by atoms with E-state index in [9.17, 15) is 22.8 Å². The molecule has 0 aliphatic carbocycles. The van der Waals surface area contributed by atoms with E-state index >= 15 is 0 Å². The van der Waals surface area contributed by atoms with Gasteiger partial charge in [-0.05, 0) is 71.8 Å². The van der Waals surface area contributed by atoms with Crippen molar-refractivity contribution in [2.75, 3.05) is 11.4 Å². The number of fused-ring (bicyclic) bond motifs is 1. The van der Waals surface area contributed by atoms with Gasteiger partial charge < -0.3 is 4.90 Å². The van der Waals surface area contributed by atoms with E-state index in [2.05, 4.69) is 10.0 Å². The second-order valence-electron chi connectivity index (χ2n) is 8.76. The van der Waals surface area contributed by atoms with Gasteiger partial charge >= 0.3 is 0 Å². The first kappa shape index (κ1) is 28.9. The van der Waals surface area contributed by atoms with Crippen LogP contribution < -0.4 is 14.9 Å². The summed E-state index contributed by atoms with van der Waals surface area (Å²) in [6.07, 6.45) is 0.352. The Bertz CT molecular complexity index is 1740. The number of sulfonamides is 1. The standard InChI is InChI=1S/C26H17Cl4N3O5S2/c27-17-4-1-13(9-19(17)29)7-8-31-40(37,38)15-3-6-21-16(11-15)22(23-24(34)32-26(36)39-23)25(35)33(21)12-14-2-5-18(28)20(30)10-14/h1-6,9-11,31H,7-8,12H2,(H,32,34,36). The predicted molar refractivity (Wildman–Crippen MR) is 157 cm³/mol. The first-order chi connectivity index (χ1) is 18.9. The molecule has 8 nitrogen and oxygen atoms in total. The van der Waals surface area contributed by atoms with Crippen LogP contribution in [0.2, 0.25) is 20.1 Å². The largest absolute Gasteiger partial charge is 0.303 e. The minimum absolute atomic E-state index is 0.0590. The molecule has 5 rings (SSSR count). The number of amides is 3. The summed E-state index contributed by atoms with van der Waals surface area (Å²) in [5, 5.41) is 2.93. The van der Waals surface area contributed by atoms with Gasteiger partial charge in [0.2, 0.25) is 10.0 Å². The number of anilines is 1. The number of hydrogen-bond acceptors (Lipinski definition) is 6. The smallest absolute Gasteiger partial charge is 0.290 e. The third-order valence-corrected chi connectivity index (χ3v) is 9.97. The van der Waals surface area contributed by atoms with Gasteiger partial charge in [0.25, 0.3) is 17.1 Å². The molecule has 0 spiro atoms. The molecule has 40 heavy (non-hydrogen) atoms. The summed E-state index contributed by atoms with van der Waals surface area (Å²) in [6.45, 7) is 0.133. The molecule has 3 amide bonds. The number of nitrogens with zero attached hydrogens (tertiary/aromatic N) is 1. The molecule has 3 aromatic carbocycles. The van der Waals surface area contributed by atoms with Crippen molar-refractivity contribution >= 4 is 96.5 Å². The molecule has 14 heteroatoms. The molecule has 0 aromatic heterocycles. The van der Waals surface area contributed by atoms with Crippen LogP contribution in [0.4, 0.5) is 10.5 Å². The number of carbonyl (C=O) groups excluding carboxylic acids is 3. The Morgan fingerprint density at radius 1 is 0.825 bits per heavy atom. The number of carbonyl (C=O) groups is 3. The van der Waals surface area contributed by atoms with E-state index in [-0.39, 0.29) is 34.0 Å². The topological polar surface area (TPSA) is 113 Å². The molecule has 0 unspecified atom stereocenters. The fourth-order valence-corrected chi connectivity index (χ4v) is 6.73. The highest BCUT2D eigenvalue weighted by molar-refractivity contribution is 8.18. The molecule has 1 saturated heterocycles. The fraction of sp³-hybridized carbons (Fsp3) is 0.115. The number of rotatable bonds is 7. The van der Waals surface area contributed by atoms with Crippen molar-refractivity contribution in [3.8, 4) is 0 Å². The molecule has 0 bridgehead atoms. The highest BCUT2D eigenvalue weighted by Crippen LogP contribution is 2.44. The summed E-state index contributed by atoms with van der Waals surface area (Å²) in [4.78, 5) is 39.2. The molecule has 2 aliphatic heterocycles. The third-order valence-electron chi connectivity index (χ3n) is 6.16. The maximum absolute atomic E-state index is 13.6. The van der Waals surface area contributed by atoms with Gasteiger partial charge in [0.15, 0.2) is 0 Å². The van der Waals surface area contributed by atoms with Crippen LogP contribution in [0, 0.1) is 0 Å². The summed E-state index contributed by atoms with van der Waals surface area (Å²) in [5.74, 6) is -1.29.